The van der Waals surface area contributed by atoms with E-state index >= 15 is 0 Å². The van der Waals surface area contributed by atoms with Crippen LogP contribution in [0.1, 0.15) is 5.56 Å². The smallest absolute Gasteiger partial charge is 0.407 e. The maximum atomic E-state index is 10.9. The zero-order valence-electron chi connectivity index (χ0n) is 10.1. The van der Waals surface area contributed by atoms with Gasteiger partial charge in [-0.1, -0.05) is 30.3 Å². The third-order valence-electron chi connectivity index (χ3n) is 2.54. The first kappa shape index (κ1) is 12.1. The number of amides is 1. The van der Waals surface area contributed by atoms with E-state index in [0.29, 0.717) is 6.54 Å². The van der Waals surface area contributed by atoms with Crippen LogP contribution in [0, 0.1) is 0 Å². The Balaban J connectivity index is 2.04. The quantitative estimate of drug-likeness (QED) is 0.900. The van der Waals surface area contributed by atoms with Gasteiger partial charge < -0.3 is 10.1 Å². The molecule has 1 aromatic carbocycles. The molecule has 0 atom stereocenters. The highest BCUT2D eigenvalue weighted by Crippen LogP contribution is 2.16. The molecule has 2 aromatic rings. The third kappa shape index (κ3) is 3.07. The summed E-state index contributed by atoms with van der Waals surface area (Å²) in [7, 11) is 1.35. The summed E-state index contributed by atoms with van der Waals surface area (Å²) in [6.07, 6.45) is 1.34. The van der Waals surface area contributed by atoms with Gasteiger partial charge in [-0.15, -0.1) is 0 Å². The number of methoxy groups -OCH3 is 1. The van der Waals surface area contributed by atoms with E-state index in [0.717, 1.165) is 16.8 Å². The van der Waals surface area contributed by atoms with Crippen LogP contribution < -0.4 is 5.32 Å². The number of nitrogens with one attached hydrogen (secondary N) is 1. The lowest BCUT2D eigenvalue weighted by Crippen LogP contribution is -2.22. The predicted molar refractivity (Wildman–Crippen MR) is 68.9 cm³/mol. The van der Waals surface area contributed by atoms with E-state index < -0.39 is 6.09 Å². The summed E-state index contributed by atoms with van der Waals surface area (Å²) in [6, 6.07) is 13.7. The Morgan fingerprint density at radius 2 is 2.00 bits per heavy atom. The molecule has 0 unspecified atom stereocenters. The largest absolute Gasteiger partial charge is 0.453 e. The average Bonchev–Trinajstić information content (AvgIpc) is 2.46. The molecular weight excluding hydrogens is 228 g/mol. The number of rotatable bonds is 3. The third-order valence-corrected chi connectivity index (χ3v) is 2.54. The second kappa shape index (κ2) is 5.82. The minimum Gasteiger partial charge on any atom is -0.453 e. The van der Waals surface area contributed by atoms with Gasteiger partial charge in [0.1, 0.15) is 0 Å². The van der Waals surface area contributed by atoms with Crippen molar-refractivity contribution in [1.82, 2.24) is 10.3 Å². The van der Waals surface area contributed by atoms with Gasteiger partial charge in [-0.2, -0.15) is 0 Å². The molecule has 18 heavy (non-hydrogen) atoms. The van der Waals surface area contributed by atoms with Crippen molar-refractivity contribution in [2.24, 2.45) is 0 Å². The number of aromatic nitrogens is 1. The summed E-state index contributed by atoms with van der Waals surface area (Å²) in [5, 5.41) is 2.63. The summed E-state index contributed by atoms with van der Waals surface area (Å²) in [4.78, 5) is 15.2. The van der Waals surface area contributed by atoms with Crippen LogP contribution in [0.4, 0.5) is 4.79 Å². The Labute approximate surface area is 106 Å². The van der Waals surface area contributed by atoms with Gasteiger partial charge in [-0.3, -0.25) is 4.98 Å². The molecule has 0 radical (unpaired) electrons. The number of hydrogen-bond acceptors (Lipinski definition) is 3. The minimum atomic E-state index is -0.427. The second-order valence-corrected chi connectivity index (χ2v) is 3.76. The maximum absolute atomic E-state index is 10.9. The zero-order valence-corrected chi connectivity index (χ0v) is 10.1. The number of ether oxygens (including phenoxy) is 1. The molecule has 2 rings (SSSR count). The van der Waals surface area contributed by atoms with Crippen molar-refractivity contribution in [1.29, 1.82) is 0 Å². The Morgan fingerprint density at radius 3 is 2.61 bits per heavy atom. The Kier molecular flexibility index (Phi) is 3.91. The van der Waals surface area contributed by atoms with E-state index in [1.165, 1.54) is 7.11 Å². The van der Waals surface area contributed by atoms with Crippen molar-refractivity contribution in [3.63, 3.8) is 0 Å². The number of nitrogens with zero attached hydrogens (tertiary/aromatic N) is 1. The minimum absolute atomic E-state index is 0.427. The average molecular weight is 242 g/mol. The number of carbonyl (C=O) groups is 1. The first-order valence-electron chi connectivity index (χ1n) is 5.62. The lowest BCUT2D eigenvalue weighted by Gasteiger charge is -2.05. The molecule has 1 amide bonds. The lowest BCUT2D eigenvalue weighted by molar-refractivity contribution is 0.170. The topological polar surface area (TPSA) is 51.2 Å². The molecule has 1 N–H and O–H groups in total. The molecular formula is C14H14N2O2. The van der Waals surface area contributed by atoms with E-state index in [1.54, 1.807) is 6.20 Å². The summed E-state index contributed by atoms with van der Waals surface area (Å²) in [6.45, 7) is 0.454. The van der Waals surface area contributed by atoms with Crippen LogP contribution in [-0.2, 0) is 11.3 Å². The number of pyridine rings is 1. The number of carbonyl (C=O) groups excluding carboxylic acids is 1. The van der Waals surface area contributed by atoms with Crippen LogP contribution >= 0.6 is 0 Å². The van der Waals surface area contributed by atoms with E-state index in [4.69, 9.17) is 0 Å². The van der Waals surface area contributed by atoms with Gasteiger partial charge >= 0.3 is 6.09 Å². The Bertz CT molecular complexity index is 509. The fourth-order valence-corrected chi connectivity index (χ4v) is 1.57. The van der Waals surface area contributed by atoms with Crippen LogP contribution in [0.5, 0.6) is 0 Å². The lowest BCUT2D eigenvalue weighted by atomic mass is 10.1. The van der Waals surface area contributed by atoms with Crippen molar-refractivity contribution >= 4 is 6.09 Å². The van der Waals surface area contributed by atoms with Gasteiger partial charge in [0.05, 0.1) is 12.8 Å². The molecule has 92 valence electrons. The van der Waals surface area contributed by atoms with Gasteiger partial charge in [0.2, 0.25) is 0 Å². The van der Waals surface area contributed by atoms with Gasteiger partial charge in [0.15, 0.2) is 0 Å². The second-order valence-electron chi connectivity index (χ2n) is 3.76. The molecule has 4 heteroatoms. The highest BCUT2D eigenvalue weighted by Gasteiger charge is 2.00. The van der Waals surface area contributed by atoms with Crippen molar-refractivity contribution < 1.29 is 9.53 Å². The highest BCUT2D eigenvalue weighted by molar-refractivity contribution is 5.67. The number of benzene rings is 1. The van der Waals surface area contributed by atoms with Gasteiger partial charge in [0.25, 0.3) is 0 Å². The van der Waals surface area contributed by atoms with Crippen molar-refractivity contribution in [3.05, 3.63) is 54.2 Å². The van der Waals surface area contributed by atoms with Crippen LogP contribution in [-0.4, -0.2) is 18.2 Å². The highest BCUT2D eigenvalue weighted by atomic mass is 16.5. The van der Waals surface area contributed by atoms with Crippen molar-refractivity contribution in [2.75, 3.05) is 7.11 Å². The molecule has 0 bridgehead atoms. The zero-order chi connectivity index (χ0) is 12.8. The number of hydrogen-bond donors (Lipinski definition) is 1. The Morgan fingerprint density at radius 1 is 1.22 bits per heavy atom. The molecule has 1 heterocycles. The summed E-state index contributed by atoms with van der Waals surface area (Å²) in [5.74, 6) is 0. The van der Waals surface area contributed by atoms with E-state index in [2.05, 4.69) is 15.0 Å². The molecule has 0 saturated carbocycles. The summed E-state index contributed by atoms with van der Waals surface area (Å²) < 4.78 is 4.50. The van der Waals surface area contributed by atoms with Gasteiger partial charge in [-0.25, -0.2) is 4.79 Å². The van der Waals surface area contributed by atoms with E-state index in [9.17, 15) is 4.79 Å². The molecule has 0 aliphatic heterocycles. The van der Waals surface area contributed by atoms with Crippen LogP contribution in [0.3, 0.4) is 0 Å². The van der Waals surface area contributed by atoms with Crippen LogP contribution in [0.25, 0.3) is 11.3 Å². The van der Waals surface area contributed by atoms with Crippen molar-refractivity contribution in [2.45, 2.75) is 6.54 Å². The van der Waals surface area contributed by atoms with E-state index in [-0.39, 0.29) is 0 Å². The summed E-state index contributed by atoms with van der Waals surface area (Å²) in [5.41, 5.74) is 3.00. The molecule has 0 spiro atoms. The fourth-order valence-electron chi connectivity index (χ4n) is 1.57. The molecule has 0 saturated heterocycles. The molecule has 0 fully saturated rings. The predicted octanol–water partition coefficient (Wildman–Crippen LogP) is 2.60. The molecule has 1 aromatic heterocycles. The first-order valence-corrected chi connectivity index (χ1v) is 5.62. The SMILES string of the molecule is COC(=O)NCc1ccc(-c2ccccn2)cc1. The normalized spacial score (nSPS) is 9.83. The molecule has 4 nitrogen and oxygen atoms in total. The molecule has 0 aliphatic rings. The van der Waals surface area contributed by atoms with E-state index in [1.807, 2.05) is 42.5 Å². The molecule has 0 aliphatic carbocycles. The Hall–Kier alpha value is -2.36. The fraction of sp³-hybridized carbons (Fsp3) is 0.143. The number of alkyl carbamates (subject to hydrolysis) is 1. The van der Waals surface area contributed by atoms with Crippen molar-refractivity contribution in [3.8, 4) is 11.3 Å². The standard InChI is InChI=1S/C14H14N2O2/c1-18-14(17)16-10-11-5-7-12(8-6-11)13-4-2-3-9-15-13/h2-9H,10H2,1H3,(H,16,17). The van der Waals surface area contributed by atoms with Gasteiger partial charge in [-0.05, 0) is 17.7 Å². The summed E-state index contributed by atoms with van der Waals surface area (Å²) >= 11 is 0. The first-order chi connectivity index (χ1) is 8.79. The van der Waals surface area contributed by atoms with Crippen LogP contribution in [0.2, 0.25) is 0 Å². The maximum Gasteiger partial charge on any atom is 0.407 e. The van der Waals surface area contributed by atoms with Gasteiger partial charge in [0, 0.05) is 18.3 Å². The van der Waals surface area contributed by atoms with Crippen LogP contribution in [0.15, 0.2) is 48.7 Å². The monoisotopic (exact) mass is 242 g/mol.